The molecule has 5 heteroatoms. The minimum Gasteiger partial charge on any atom is -0.398 e. The monoisotopic (exact) mass is 327 g/mol. The Morgan fingerprint density at radius 1 is 1.22 bits per heavy atom. The molecule has 2 aromatic rings. The summed E-state index contributed by atoms with van der Waals surface area (Å²) in [7, 11) is -1.41. The number of rotatable bonds is 3. The normalized spacial score (nSPS) is 12.3. The minimum absolute atomic E-state index is 0.221. The van der Waals surface area contributed by atoms with Gasteiger partial charge in [0.2, 0.25) is 0 Å². The highest BCUT2D eigenvalue weighted by molar-refractivity contribution is 9.10. The number of nitrogen functional groups attached to an aromatic ring is 1. The van der Waals surface area contributed by atoms with Crippen LogP contribution in [0.3, 0.4) is 0 Å². The van der Waals surface area contributed by atoms with Crippen molar-refractivity contribution in [3.05, 3.63) is 58.3 Å². The van der Waals surface area contributed by atoms with Crippen LogP contribution < -0.4 is 5.73 Å². The Kier molecular flexibility index (Phi) is 4.14. The van der Waals surface area contributed by atoms with Gasteiger partial charge >= 0.3 is 0 Å². The summed E-state index contributed by atoms with van der Waals surface area (Å²) in [5.41, 5.74) is 7.14. The van der Waals surface area contributed by atoms with E-state index in [1.54, 1.807) is 24.3 Å². The van der Waals surface area contributed by atoms with Gasteiger partial charge in [0.15, 0.2) is 0 Å². The fourth-order valence-electron chi connectivity index (χ4n) is 1.54. The van der Waals surface area contributed by atoms with Crippen LogP contribution in [-0.4, -0.2) is 4.21 Å². The molecule has 0 saturated heterocycles. The molecule has 18 heavy (non-hydrogen) atoms. The molecule has 0 amide bonds. The first-order valence-electron chi connectivity index (χ1n) is 5.25. The maximum absolute atomic E-state index is 13.5. The smallest absolute Gasteiger partial charge is 0.139 e. The Morgan fingerprint density at radius 3 is 2.61 bits per heavy atom. The predicted molar refractivity (Wildman–Crippen MR) is 75.1 cm³/mol. The van der Waals surface area contributed by atoms with Crippen LogP contribution in [0.1, 0.15) is 5.56 Å². The first-order chi connectivity index (χ1) is 8.58. The highest BCUT2D eigenvalue weighted by Gasteiger charge is 2.10. The summed E-state index contributed by atoms with van der Waals surface area (Å²) < 4.78 is 26.3. The van der Waals surface area contributed by atoms with Gasteiger partial charge in [0.05, 0.1) is 21.4 Å². The fourth-order valence-corrected chi connectivity index (χ4v) is 2.94. The van der Waals surface area contributed by atoms with Crippen molar-refractivity contribution >= 4 is 32.4 Å². The number of anilines is 1. The van der Waals surface area contributed by atoms with Crippen molar-refractivity contribution in [1.82, 2.24) is 0 Å². The lowest BCUT2D eigenvalue weighted by molar-refractivity contribution is 0.595. The van der Waals surface area contributed by atoms with Gasteiger partial charge in [-0.05, 0) is 45.8 Å². The van der Waals surface area contributed by atoms with Gasteiger partial charge in [0, 0.05) is 10.2 Å². The van der Waals surface area contributed by atoms with Crippen molar-refractivity contribution in [3.63, 3.8) is 0 Å². The molecule has 1 atom stereocenters. The Morgan fingerprint density at radius 2 is 1.94 bits per heavy atom. The minimum atomic E-state index is -1.41. The van der Waals surface area contributed by atoms with E-state index in [0.29, 0.717) is 5.69 Å². The van der Waals surface area contributed by atoms with E-state index in [4.69, 9.17) is 5.73 Å². The SMILES string of the molecule is Nc1cc(CS(=O)c2ccccc2F)ccc1Br. The molecule has 0 aliphatic rings. The van der Waals surface area contributed by atoms with E-state index in [1.807, 2.05) is 6.07 Å². The summed E-state index contributed by atoms with van der Waals surface area (Å²) in [4.78, 5) is 0.221. The molecule has 0 aliphatic heterocycles. The molecule has 2 N–H and O–H groups in total. The molecule has 0 bridgehead atoms. The van der Waals surface area contributed by atoms with E-state index in [9.17, 15) is 8.60 Å². The zero-order valence-electron chi connectivity index (χ0n) is 9.40. The van der Waals surface area contributed by atoms with E-state index in [2.05, 4.69) is 15.9 Å². The molecule has 0 spiro atoms. The molecule has 94 valence electrons. The quantitative estimate of drug-likeness (QED) is 0.877. The molecule has 0 fully saturated rings. The van der Waals surface area contributed by atoms with Crippen LogP contribution in [0.25, 0.3) is 0 Å². The van der Waals surface area contributed by atoms with Gasteiger partial charge in [0.1, 0.15) is 5.82 Å². The lowest BCUT2D eigenvalue weighted by Gasteiger charge is -2.05. The molecule has 0 heterocycles. The highest BCUT2D eigenvalue weighted by atomic mass is 79.9. The second kappa shape index (κ2) is 5.63. The lowest BCUT2D eigenvalue weighted by Crippen LogP contribution is -2.00. The number of hydrogen-bond acceptors (Lipinski definition) is 2. The van der Waals surface area contributed by atoms with E-state index < -0.39 is 16.6 Å². The molecule has 0 aliphatic carbocycles. The van der Waals surface area contributed by atoms with Gasteiger partial charge in [0.25, 0.3) is 0 Å². The molecule has 0 aromatic heterocycles. The summed E-state index contributed by atoms with van der Waals surface area (Å²) in [6.07, 6.45) is 0. The number of hydrogen-bond donors (Lipinski definition) is 1. The maximum atomic E-state index is 13.5. The molecular formula is C13H11BrFNOS. The van der Waals surface area contributed by atoms with Gasteiger partial charge in [-0.15, -0.1) is 0 Å². The van der Waals surface area contributed by atoms with E-state index in [1.165, 1.54) is 12.1 Å². The van der Waals surface area contributed by atoms with Gasteiger partial charge in [-0.2, -0.15) is 0 Å². The third-order valence-electron chi connectivity index (χ3n) is 2.44. The number of halogens is 2. The molecule has 1 unspecified atom stereocenters. The van der Waals surface area contributed by atoms with Gasteiger partial charge in [-0.1, -0.05) is 18.2 Å². The van der Waals surface area contributed by atoms with Crippen molar-refractivity contribution in [2.24, 2.45) is 0 Å². The van der Waals surface area contributed by atoms with Crippen LogP contribution >= 0.6 is 15.9 Å². The van der Waals surface area contributed by atoms with Crippen LogP contribution in [0.5, 0.6) is 0 Å². The number of benzene rings is 2. The van der Waals surface area contributed by atoms with E-state index in [0.717, 1.165) is 10.0 Å². The average molecular weight is 328 g/mol. The van der Waals surface area contributed by atoms with Crippen LogP contribution in [0.2, 0.25) is 0 Å². The van der Waals surface area contributed by atoms with Crippen LogP contribution in [0, 0.1) is 5.82 Å². The first kappa shape index (κ1) is 13.2. The standard InChI is InChI=1S/C13H11BrFNOS/c14-10-6-5-9(7-12(10)16)8-18(17)13-4-2-1-3-11(13)15/h1-7H,8,16H2. The highest BCUT2D eigenvalue weighted by Crippen LogP contribution is 2.22. The molecule has 0 saturated carbocycles. The Bertz CT molecular complexity index is 603. The summed E-state index contributed by atoms with van der Waals surface area (Å²) in [6.45, 7) is 0. The second-order valence-electron chi connectivity index (χ2n) is 3.78. The zero-order chi connectivity index (χ0) is 13.1. The predicted octanol–water partition coefficient (Wildman–Crippen LogP) is 3.48. The van der Waals surface area contributed by atoms with Crippen molar-refractivity contribution in [1.29, 1.82) is 0 Å². The third kappa shape index (κ3) is 2.97. The molecular weight excluding hydrogens is 317 g/mol. The molecule has 2 aromatic carbocycles. The van der Waals surface area contributed by atoms with Crippen LogP contribution in [0.15, 0.2) is 51.8 Å². The van der Waals surface area contributed by atoms with Gasteiger partial charge in [-0.25, -0.2) is 4.39 Å². The summed E-state index contributed by atoms with van der Waals surface area (Å²) in [6, 6.07) is 11.4. The summed E-state index contributed by atoms with van der Waals surface area (Å²) in [5, 5.41) is 0. The Balaban J connectivity index is 2.22. The van der Waals surface area contributed by atoms with Gasteiger partial charge < -0.3 is 5.73 Å². The van der Waals surface area contributed by atoms with Gasteiger partial charge in [-0.3, -0.25) is 4.21 Å². The first-order valence-corrected chi connectivity index (χ1v) is 7.36. The van der Waals surface area contributed by atoms with Crippen molar-refractivity contribution in [2.45, 2.75) is 10.6 Å². The molecule has 2 nitrogen and oxygen atoms in total. The number of nitrogens with two attached hydrogens (primary N) is 1. The summed E-state index contributed by atoms with van der Waals surface area (Å²) >= 11 is 3.29. The fraction of sp³-hybridized carbons (Fsp3) is 0.0769. The van der Waals surface area contributed by atoms with E-state index >= 15 is 0 Å². The summed E-state index contributed by atoms with van der Waals surface area (Å²) in [5.74, 6) is -0.195. The lowest BCUT2D eigenvalue weighted by atomic mass is 10.2. The topological polar surface area (TPSA) is 43.1 Å². The second-order valence-corrected chi connectivity index (χ2v) is 6.05. The van der Waals surface area contributed by atoms with Crippen LogP contribution in [-0.2, 0) is 16.6 Å². The van der Waals surface area contributed by atoms with Crippen molar-refractivity contribution < 1.29 is 8.60 Å². The van der Waals surface area contributed by atoms with E-state index in [-0.39, 0.29) is 10.6 Å². The molecule has 0 radical (unpaired) electrons. The van der Waals surface area contributed by atoms with Crippen LogP contribution in [0.4, 0.5) is 10.1 Å². The zero-order valence-corrected chi connectivity index (χ0v) is 11.8. The Hall–Kier alpha value is -1.20. The van der Waals surface area contributed by atoms with Crippen molar-refractivity contribution in [3.8, 4) is 0 Å². The average Bonchev–Trinajstić information content (AvgIpc) is 2.34. The Labute approximate surface area is 116 Å². The molecule has 2 rings (SSSR count). The maximum Gasteiger partial charge on any atom is 0.139 e. The van der Waals surface area contributed by atoms with Crippen molar-refractivity contribution in [2.75, 3.05) is 5.73 Å². The third-order valence-corrected chi connectivity index (χ3v) is 4.58. The largest absolute Gasteiger partial charge is 0.398 e.